The van der Waals surface area contributed by atoms with Crippen molar-refractivity contribution in [3.05, 3.63) is 44.1 Å². The summed E-state index contributed by atoms with van der Waals surface area (Å²) in [5.74, 6) is 5.85. The molecular weight excluding hydrogens is 780 g/mol. The van der Waals surface area contributed by atoms with Gasteiger partial charge in [-0.05, 0) is 127 Å². The number of nitrogens with two attached hydrogens (primary N) is 1. The predicted octanol–water partition coefficient (Wildman–Crippen LogP) is 4.06. The first-order valence-corrected chi connectivity index (χ1v) is 11.1. The number of hydrazine groups is 1. The molecule has 2 rings (SSSR count). The van der Waals surface area contributed by atoms with Gasteiger partial charge in [0.1, 0.15) is 17.5 Å². The first-order chi connectivity index (χ1) is 11.7. The number of phenolic OH excluding ortho intramolecular Hbond substituents is 1. The Morgan fingerprint density at radius 3 is 2.04 bits per heavy atom. The Hall–Kier alpha value is 0.350. The summed E-state index contributed by atoms with van der Waals surface area (Å²) < 4.78 is 9.13. The van der Waals surface area contributed by atoms with Gasteiger partial charge >= 0.3 is 5.97 Å². The van der Waals surface area contributed by atoms with Crippen LogP contribution in [0.1, 0.15) is 5.56 Å². The molecule has 0 bridgehead atoms. The molecule has 0 amide bonds. The van der Waals surface area contributed by atoms with Crippen molar-refractivity contribution in [2.24, 2.45) is 5.84 Å². The Kier molecular flexibility index (Phi) is 8.24. The summed E-state index contributed by atoms with van der Waals surface area (Å²) in [5, 5.41) is 19.0. The molecule has 0 saturated carbocycles. The van der Waals surface area contributed by atoms with Crippen molar-refractivity contribution in [3.63, 3.8) is 0 Å². The van der Waals surface area contributed by atoms with Gasteiger partial charge in [-0.15, -0.1) is 0 Å². The van der Waals surface area contributed by atoms with Crippen LogP contribution in [0.15, 0.2) is 24.3 Å². The third-order valence-electron chi connectivity index (χ3n) is 3.21. The fourth-order valence-corrected chi connectivity index (χ4v) is 5.83. The molecule has 2 aromatic carbocycles. The van der Waals surface area contributed by atoms with Gasteiger partial charge in [0, 0.05) is 0 Å². The van der Waals surface area contributed by atoms with E-state index in [-0.39, 0.29) is 12.2 Å². The second-order valence-corrected chi connectivity index (χ2v) is 9.64. The number of carboxylic acids is 1. The molecule has 0 aliphatic rings. The van der Waals surface area contributed by atoms with Crippen molar-refractivity contribution in [1.82, 2.24) is 5.43 Å². The zero-order valence-electron chi connectivity index (χ0n) is 12.4. The molecule has 10 heteroatoms. The topological polar surface area (TPSA) is 105 Å². The lowest BCUT2D eigenvalue weighted by atomic mass is 10.1. The number of hydrogen-bond acceptors (Lipinski definition) is 5. The summed E-state index contributed by atoms with van der Waals surface area (Å²) in [7, 11) is 0. The third kappa shape index (κ3) is 5.66. The van der Waals surface area contributed by atoms with E-state index in [0.29, 0.717) is 18.6 Å². The Labute approximate surface area is 198 Å². The highest BCUT2D eigenvalue weighted by Gasteiger charge is 2.18. The minimum atomic E-state index is -0.999. The fourth-order valence-electron chi connectivity index (χ4n) is 2.00. The van der Waals surface area contributed by atoms with E-state index in [1.165, 1.54) is 0 Å². The molecule has 0 spiro atoms. The smallest absolute Gasteiger partial charge is 0.322 e. The van der Waals surface area contributed by atoms with Crippen molar-refractivity contribution in [3.8, 4) is 17.2 Å². The minimum Gasteiger partial charge on any atom is -0.506 e. The number of nitrogens with one attached hydrogen (secondary N) is 1. The van der Waals surface area contributed by atoms with Gasteiger partial charge < -0.3 is 14.9 Å². The maximum absolute atomic E-state index is 11.1. The molecule has 6 nitrogen and oxygen atoms in total. The van der Waals surface area contributed by atoms with Crippen LogP contribution in [-0.4, -0.2) is 22.2 Å². The Bertz CT molecular complexity index is 770. The van der Waals surface area contributed by atoms with Crippen LogP contribution in [-0.2, 0) is 11.2 Å². The van der Waals surface area contributed by atoms with E-state index < -0.39 is 12.0 Å². The lowest BCUT2D eigenvalue weighted by Crippen LogP contribution is -2.42. The monoisotopic (exact) mass is 792 g/mol. The number of rotatable bonds is 6. The number of halogens is 4. The van der Waals surface area contributed by atoms with E-state index in [4.69, 9.17) is 15.7 Å². The first kappa shape index (κ1) is 21.6. The average Bonchev–Trinajstić information content (AvgIpc) is 2.53. The van der Waals surface area contributed by atoms with Gasteiger partial charge in [0.05, 0.1) is 14.3 Å². The van der Waals surface area contributed by atoms with Crippen LogP contribution < -0.4 is 16.0 Å². The van der Waals surface area contributed by atoms with Gasteiger partial charge in [0.25, 0.3) is 0 Å². The second kappa shape index (κ2) is 9.52. The molecule has 0 radical (unpaired) electrons. The molecule has 134 valence electrons. The van der Waals surface area contributed by atoms with E-state index in [1.54, 1.807) is 12.1 Å². The van der Waals surface area contributed by atoms with Crippen molar-refractivity contribution in [2.75, 3.05) is 0 Å². The van der Waals surface area contributed by atoms with Gasteiger partial charge in [-0.3, -0.25) is 10.6 Å². The number of hydrogen-bond donors (Lipinski definition) is 4. The summed E-state index contributed by atoms with van der Waals surface area (Å²) >= 11 is 8.42. The van der Waals surface area contributed by atoms with Gasteiger partial charge in [-0.2, -0.15) is 0 Å². The highest BCUT2D eigenvalue weighted by molar-refractivity contribution is 14.1. The number of aromatic hydroxyl groups is 1. The molecule has 0 aliphatic heterocycles. The van der Waals surface area contributed by atoms with Crippen LogP contribution in [0.2, 0.25) is 0 Å². The molecule has 2 aromatic rings. The van der Waals surface area contributed by atoms with E-state index in [1.807, 2.05) is 12.1 Å². The van der Waals surface area contributed by atoms with Crippen LogP contribution in [0.4, 0.5) is 0 Å². The van der Waals surface area contributed by atoms with Crippen LogP contribution in [0, 0.1) is 14.3 Å². The standard InChI is InChI=1S/C15H12I4N2O4/c16-8-4-7(5-9(17)13(8)22)25-14-10(18)1-6(2-11(14)19)3-12(21-20)15(23)24/h1-2,4-5,12,21-22H,3,20H2,(H,23,24)/t12-/m0/s1. The highest BCUT2D eigenvalue weighted by atomic mass is 127. The number of phenols is 1. The maximum atomic E-state index is 11.1. The lowest BCUT2D eigenvalue weighted by molar-refractivity contribution is -0.139. The molecule has 5 N–H and O–H groups in total. The molecule has 0 unspecified atom stereocenters. The van der Waals surface area contributed by atoms with Gasteiger partial charge in [-0.25, -0.2) is 5.43 Å². The molecule has 0 aliphatic carbocycles. The van der Waals surface area contributed by atoms with E-state index >= 15 is 0 Å². The maximum Gasteiger partial charge on any atom is 0.322 e. The second-order valence-electron chi connectivity index (χ2n) is 4.99. The largest absolute Gasteiger partial charge is 0.506 e. The molecule has 0 aromatic heterocycles. The predicted molar refractivity (Wildman–Crippen MR) is 128 cm³/mol. The molecule has 0 fully saturated rings. The minimum absolute atomic E-state index is 0.238. The molecular formula is C15H12I4N2O4. The summed E-state index contributed by atoms with van der Waals surface area (Å²) in [5.41, 5.74) is 3.15. The zero-order chi connectivity index (χ0) is 18.7. The van der Waals surface area contributed by atoms with Crippen molar-refractivity contribution < 1.29 is 19.7 Å². The van der Waals surface area contributed by atoms with Crippen LogP contribution in [0.5, 0.6) is 17.2 Å². The number of aliphatic carboxylic acids is 1. The Balaban J connectivity index is 2.30. The number of carboxylic acid groups (broad SMARTS) is 1. The van der Waals surface area contributed by atoms with Gasteiger partial charge in [0.2, 0.25) is 0 Å². The lowest BCUT2D eigenvalue weighted by Gasteiger charge is -2.15. The number of carbonyl (C=O) groups is 1. The molecule has 0 heterocycles. The summed E-state index contributed by atoms with van der Waals surface area (Å²) in [6.45, 7) is 0. The highest BCUT2D eigenvalue weighted by Crippen LogP contribution is 2.36. The summed E-state index contributed by atoms with van der Waals surface area (Å²) in [6, 6.07) is 6.43. The molecule has 1 atom stereocenters. The number of ether oxygens (including phenoxy) is 1. The van der Waals surface area contributed by atoms with Crippen LogP contribution in [0.25, 0.3) is 0 Å². The van der Waals surface area contributed by atoms with Crippen molar-refractivity contribution >= 4 is 96.3 Å². The molecule has 0 saturated heterocycles. The normalized spacial score (nSPS) is 12.0. The van der Waals surface area contributed by atoms with Gasteiger partial charge in [-0.1, -0.05) is 0 Å². The first-order valence-electron chi connectivity index (χ1n) is 6.75. The van der Waals surface area contributed by atoms with Crippen molar-refractivity contribution in [1.29, 1.82) is 0 Å². The Morgan fingerprint density at radius 2 is 1.60 bits per heavy atom. The zero-order valence-corrected chi connectivity index (χ0v) is 21.0. The van der Waals surface area contributed by atoms with Crippen LogP contribution >= 0.6 is 90.4 Å². The van der Waals surface area contributed by atoms with Crippen molar-refractivity contribution in [2.45, 2.75) is 12.5 Å². The number of benzene rings is 2. The van der Waals surface area contributed by atoms with E-state index in [9.17, 15) is 9.90 Å². The third-order valence-corrected chi connectivity index (χ3v) is 6.45. The summed E-state index contributed by atoms with van der Waals surface area (Å²) in [4.78, 5) is 11.1. The average molecular weight is 792 g/mol. The SMILES string of the molecule is NN[C@@H](Cc1cc(I)c(Oc2cc(I)c(O)c(I)c2)c(I)c1)C(=O)O. The quantitative estimate of drug-likeness (QED) is 0.200. The van der Waals surface area contributed by atoms with Gasteiger partial charge in [0.15, 0.2) is 5.75 Å². The Morgan fingerprint density at radius 1 is 1.08 bits per heavy atom. The van der Waals surface area contributed by atoms with Crippen LogP contribution in [0.3, 0.4) is 0 Å². The fraction of sp³-hybridized carbons (Fsp3) is 0.133. The summed E-state index contributed by atoms with van der Waals surface area (Å²) in [6.07, 6.45) is 0.271. The van der Waals surface area contributed by atoms with E-state index in [2.05, 4.69) is 95.8 Å². The molecule has 25 heavy (non-hydrogen) atoms. The van der Waals surface area contributed by atoms with E-state index in [0.717, 1.165) is 12.7 Å².